The van der Waals surface area contributed by atoms with Crippen LogP contribution in [-0.4, -0.2) is 14.0 Å². The number of hydrogen-bond donors (Lipinski definition) is 0. The Bertz CT molecular complexity index is 1360. The van der Waals surface area contributed by atoms with Crippen LogP contribution in [0.4, 0.5) is 4.39 Å². The minimum absolute atomic E-state index is 0.0691. The summed E-state index contributed by atoms with van der Waals surface area (Å²) in [6.07, 6.45) is 1.66. The van der Waals surface area contributed by atoms with Crippen LogP contribution < -0.4 is 11.1 Å². The SMILES string of the molecule is Cc1ccc2nc3c(cc(C#N)c(=O)n3Cc3ccc(F)cc3)c(=O)n2c1. The Hall–Kier alpha value is -3.79. The number of rotatable bonds is 2. The van der Waals surface area contributed by atoms with Crippen LogP contribution in [-0.2, 0) is 6.54 Å². The van der Waals surface area contributed by atoms with Gasteiger partial charge in [0.05, 0.1) is 11.9 Å². The highest BCUT2D eigenvalue weighted by Crippen LogP contribution is 2.13. The second-order valence-electron chi connectivity index (χ2n) is 6.28. The summed E-state index contributed by atoms with van der Waals surface area (Å²) < 4.78 is 15.8. The van der Waals surface area contributed by atoms with E-state index in [-0.39, 0.29) is 34.5 Å². The Labute approximate surface area is 152 Å². The van der Waals surface area contributed by atoms with Crippen LogP contribution in [0.3, 0.4) is 0 Å². The highest BCUT2D eigenvalue weighted by molar-refractivity contribution is 5.78. The van der Waals surface area contributed by atoms with Gasteiger partial charge >= 0.3 is 0 Å². The first kappa shape index (κ1) is 16.7. The minimum Gasteiger partial charge on any atom is -0.287 e. The van der Waals surface area contributed by atoms with E-state index in [2.05, 4.69) is 4.98 Å². The lowest BCUT2D eigenvalue weighted by Gasteiger charge is -2.12. The first-order valence-corrected chi connectivity index (χ1v) is 8.19. The van der Waals surface area contributed by atoms with Crippen molar-refractivity contribution in [2.75, 3.05) is 0 Å². The van der Waals surface area contributed by atoms with Gasteiger partial charge in [0, 0.05) is 6.20 Å². The van der Waals surface area contributed by atoms with Crippen LogP contribution in [0.1, 0.15) is 16.7 Å². The van der Waals surface area contributed by atoms with E-state index in [0.29, 0.717) is 11.2 Å². The predicted octanol–water partition coefficient (Wildman–Crippen LogP) is 2.38. The van der Waals surface area contributed by atoms with Crippen molar-refractivity contribution in [2.45, 2.75) is 13.5 Å². The highest BCUT2D eigenvalue weighted by atomic mass is 19.1. The molecule has 3 heterocycles. The van der Waals surface area contributed by atoms with Crippen molar-refractivity contribution in [3.63, 3.8) is 0 Å². The van der Waals surface area contributed by atoms with Gasteiger partial charge in [-0.3, -0.25) is 18.6 Å². The number of nitriles is 1. The fourth-order valence-corrected chi connectivity index (χ4v) is 3.03. The molecule has 0 fully saturated rings. The zero-order valence-electron chi connectivity index (χ0n) is 14.3. The van der Waals surface area contributed by atoms with E-state index < -0.39 is 5.56 Å². The molecule has 0 saturated carbocycles. The van der Waals surface area contributed by atoms with Crippen LogP contribution >= 0.6 is 0 Å². The summed E-state index contributed by atoms with van der Waals surface area (Å²) in [5, 5.41) is 9.49. The van der Waals surface area contributed by atoms with Crippen LogP contribution in [0.5, 0.6) is 0 Å². The van der Waals surface area contributed by atoms with Gasteiger partial charge in [0.1, 0.15) is 23.1 Å². The first-order chi connectivity index (χ1) is 13.0. The van der Waals surface area contributed by atoms with Crippen LogP contribution in [0.15, 0.2) is 58.3 Å². The molecule has 0 spiro atoms. The number of nitrogens with zero attached hydrogens (tertiary/aromatic N) is 4. The van der Waals surface area contributed by atoms with Crippen LogP contribution in [0, 0.1) is 24.1 Å². The quantitative estimate of drug-likeness (QED) is 0.514. The third-order valence-corrected chi connectivity index (χ3v) is 4.38. The molecule has 4 rings (SSSR count). The molecule has 4 aromatic rings. The van der Waals surface area contributed by atoms with Gasteiger partial charge < -0.3 is 0 Å². The molecule has 7 heteroatoms. The molecule has 0 atom stereocenters. The lowest BCUT2D eigenvalue weighted by Crippen LogP contribution is -2.27. The molecule has 0 N–H and O–H groups in total. The molecule has 0 amide bonds. The molecule has 0 aliphatic rings. The summed E-state index contributed by atoms with van der Waals surface area (Å²) in [5.41, 5.74) is 1.08. The molecule has 0 bridgehead atoms. The van der Waals surface area contributed by atoms with E-state index in [9.17, 15) is 19.2 Å². The van der Waals surface area contributed by atoms with Crippen LogP contribution in [0.25, 0.3) is 16.7 Å². The number of pyridine rings is 2. The van der Waals surface area contributed by atoms with Crippen molar-refractivity contribution in [2.24, 2.45) is 0 Å². The molecule has 0 aliphatic heterocycles. The van der Waals surface area contributed by atoms with Gasteiger partial charge in [-0.25, -0.2) is 9.37 Å². The third kappa shape index (κ3) is 2.77. The number of aromatic nitrogens is 3. The normalized spacial score (nSPS) is 11.0. The lowest BCUT2D eigenvalue weighted by molar-refractivity contribution is 0.626. The van der Waals surface area contributed by atoms with Crippen molar-refractivity contribution in [1.82, 2.24) is 14.0 Å². The fourth-order valence-electron chi connectivity index (χ4n) is 3.03. The monoisotopic (exact) mass is 360 g/mol. The topological polar surface area (TPSA) is 80.2 Å². The standard InChI is InChI=1S/C20H13FN4O2/c1-12-2-7-17-23-18-16(20(27)24(17)10-12)8-14(9-22)19(26)25(18)11-13-3-5-15(21)6-4-13/h2-8,10H,11H2,1H3. The van der Waals surface area contributed by atoms with Gasteiger partial charge in [0.25, 0.3) is 11.1 Å². The summed E-state index contributed by atoms with van der Waals surface area (Å²) >= 11 is 0. The number of fused-ring (bicyclic) bond motifs is 2. The Balaban J connectivity index is 2.08. The minimum atomic E-state index is -0.544. The second-order valence-corrected chi connectivity index (χ2v) is 6.28. The predicted molar refractivity (Wildman–Crippen MR) is 98.2 cm³/mol. The summed E-state index contributed by atoms with van der Waals surface area (Å²) in [6, 6.07) is 12.3. The fraction of sp³-hybridized carbons (Fsp3) is 0.100. The molecule has 132 valence electrons. The molecule has 0 aliphatic carbocycles. The van der Waals surface area contributed by atoms with E-state index in [1.165, 1.54) is 27.2 Å². The molecule has 6 nitrogen and oxygen atoms in total. The van der Waals surface area contributed by atoms with E-state index in [1.807, 2.05) is 19.1 Å². The van der Waals surface area contributed by atoms with E-state index in [0.717, 1.165) is 5.56 Å². The Morgan fingerprint density at radius 3 is 2.56 bits per heavy atom. The summed E-state index contributed by atoms with van der Waals surface area (Å²) in [6.45, 7) is 1.92. The number of hydrogen-bond acceptors (Lipinski definition) is 4. The number of benzene rings is 1. The average Bonchev–Trinajstić information content (AvgIpc) is 2.66. The first-order valence-electron chi connectivity index (χ1n) is 8.19. The smallest absolute Gasteiger partial charge is 0.270 e. The van der Waals surface area contributed by atoms with Crippen molar-refractivity contribution < 1.29 is 4.39 Å². The molecule has 0 radical (unpaired) electrons. The number of aryl methyl sites for hydroxylation is 1. The number of halogens is 1. The van der Waals surface area contributed by atoms with E-state index in [4.69, 9.17) is 0 Å². The van der Waals surface area contributed by atoms with Crippen molar-refractivity contribution in [1.29, 1.82) is 5.26 Å². The molecule has 0 saturated heterocycles. The molecule has 0 unspecified atom stereocenters. The average molecular weight is 360 g/mol. The van der Waals surface area contributed by atoms with Crippen molar-refractivity contribution in [3.05, 3.63) is 91.9 Å². The maximum atomic E-state index is 13.2. The highest BCUT2D eigenvalue weighted by Gasteiger charge is 2.15. The molecule has 1 aromatic carbocycles. The lowest BCUT2D eigenvalue weighted by atomic mass is 10.2. The largest absolute Gasteiger partial charge is 0.287 e. The zero-order chi connectivity index (χ0) is 19.1. The van der Waals surface area contributed by atoms with Gasteiger partial charge in [0.2, 0.25) is 0 Å². The molecular formula is C20H13FN4O2. The third-order valence-electron chi connectivity index (χ3n) is 4.38. The van der Waals surface area contributed by atoms with Gasteiger partial charge in [-0.1, -0.05) is 18.2 Å². The van der Waals surface area contributed by atoms with Gasteiger partial charge in [-0.15, -0.1) is 0 Å². The second kappa shape index (κ2) is 6.18. The maximum Gasteiger partial charge on any atom is 0.270 e. The summed E-state index contributed by atoms with van der Waals surface area (Å²) in [5.74, 6) is -0.389. The Kier molecular flexibility index (Phi) is 3.81. The van der Waals surface area contributed by atoms with Crippen molar-refractivity contribution in [3.8, 4) is 6.07 Å². The van der Waals surface area contributed by atoms with Gasteiger partial charge in [0.15, 0.2) is 5.65 Å². The van der Waals surface area contributed by atoms with Crippen molar-refractivity contribution >= 4 is 16.7 Å². The summed E-state index contributed by atoms with van der Waals surface area (Å²) in [4.78, 5) is 30.1. The Morgan fingerprint density at radius 2 is 1.85 bits per heavy atom. The molecule has 3 aromatic heterocycles. The van der Waals surface area contributed by atoms with Gasteiger partial charge in [-0.2, -0.15) is 5.26 Å². The maximum absolute atomic E-state index is 13.2. The molecular weight excluding hydrogens is 347 g/mol. The van der Waals surface area contributed by atoms with E-state index >= 15 is 0 Å². The summed E-state index contributed by atoms with van der Waals surface area (Å²) in [7, 11) is 0. The van der Waals surface area contributed by atoms with E-state index in [1.54, 1.807) is 24.4 Å². The zero-order valence-corrected chi connectivity index (χ0v) is 14.3. The Morgan fingerprint density at radius 1 is 1.11 bits per heavy atom. The molecule has 27 heavy (non-hydrogen) atoms. The van der Waals surface area contributed by atoms with Crippen LogP contribution in [0.2, 0.25) is 0 Å². The van der Waals surface area contributed by atoms with Gasteiger partial charge in [-0.05, 0) is 42.3 Å².